The average molecular weight is 241 g/mol. The molecule has 2 rings (SSSR count). The molecular formula is C12H19NO4. The van der Waals surface area contributed by atoms with Crippen LogP contribution in [0.5, 0.6) is 0 Å². The van der Waals surface area contributed by atoms with Gasteiger partial charge in [-0.25, -0.2) is 0 Å². The average Bonchev–Trinajstić information content (AvgIpc) is 2.75. The van der Waals surface area contributed by atoms with Crippen LogP contribution in [0.1, 0.15) is 32.6 Å². The highest BCUT2D eigenvalue weighted by Crippen LogP contribution is 2.24. The number of aliphatic carboxylic acids is 1. The summed E-state index contributed by atoms with van der Waals surface area (Å²) in [5.41, 5.74) is 0. The van der Waals surface area contributed by atoms with Crippen LogP contribution in [-0.2, 0) is 14.3 Å². The van der Waals surface area contributed by atoms with Gasteiger partial charge in [0.05, 0.1) is 12.0 Å². The number of hydrogen-bond donors (Lipinski definition) is 1. The molecule has 0 spiro atoms. The van der Waals surface area contributed by atoms with Gasteiger partial charge in [0.15, 0.2) is 0 Å². The maximum absolute atomic E-state index is 12.1. The first kappa shape index (κ1) is 12.4. The van der Waals surface area contributed by atoms with E-state index in [0.29, 0.717) is 25.9 Å². The summed E-state index contributed by atoms with van der Waals surface area (Å²) in [5, 5.41) is 8.88. The number of carbonyl (C=O) groups excluding carboxylic acids is 1. The number of likely N-dealkylation sites (tertiary alicyclic amines) is 1. The van der Waals surface area contributed by atoms with E-state index in [0.717, 1.165) is 12.8 Å². The summed E-state index contributed by atoms with van der Waals surface area (Å²) in [6, 6.07) is 0. The molecule has 0 aliphatic carbocycles. The van der Waals surface area contributed by atoms with Crippen LogP contribution in [0.4, 0.5) is 0 Å². The Morgan fingerprint density at radius 2 is 1.82 bits per heavy atom. The van der Waals surface area contributed by atoms with E-state index in [9.17, 15) is 9.59 Å². The highest BCUT2D eigenvalue weighted by molar-refractivity contribution is 5.81. The molecule has 2 fully saturated rings. The molecule has 1 amide bonds. The van der Waals surface area contributed by atoms with Crippen molar-refractivity contribution in [2.24, 2.45) is 5.92 Å². The summed E-state index contributed by atoms with van der Waals surface area (Å²) >= 11 is 0. The molecule has 2 heterocycles. The third-order valence-corrected chi connectivity index (χ3v) is 3.66. The van der Waals surface area contributed by atoms with Crippen molar-refractivity contribution in [3.8, 4) is 0 Å². The number of rotatable bonds is 2. The number of carboxylic acid groups (broad SMARTS) is 1. The largest absolute Gasteiger partial charge is 0.481 e. The van der Waals surface area contributed by atoms with Gasteiger partial charge in [0.2, 0.25) is 0 Å². The fourth-order valence-corrected chi connectivity index (χ4v) is 2.53. The normalized spacial score (nSPS) is 30.5. The first-order chi connectivity index (χ1) is 8.08. The summed E-state index contributed by atoms with van der Waals surface area (Å²) in [4.78, 5) is 24.6. The molecule has 0 saturated carbocycles. The lowest BCUT2D eigenvalue weighted by molar-refractivity contribution is -0.149. The van der Waals surface area contributed by atoms with Gasteiger partial charge in [-0.2, -0.15) is 0 Å². The van der Waals surface area contributed by atoms with Gasteiger partial charge in [0, 0.05) is 13.1 Å². The first-order valence-corrected chi connectivity index (χ1v) is 6.25. The molecule has 2 unspecified atom stereocenters. The molecule has 2 aliphatic heterocycles. The number of piperidine rings is 1. The topological polar surface area (TPSA) is 66.8 Å². The first-order valence-electron chi connectivity index (χ1n) is 6.25. The predicted octanol–water partition coefficient (Wildman–Crippen LogP) is 0.877. The van der Waals surface area contributed by atoms with E-state index >= 15 is 0 Å². The Kier molecular flexibility index (Phi) is 3.66. The van der Waals surface area contributed by atoms with Crippen molar-refractivity contribution in [1.82, 2.24) is 4.90 Å². The van der Waals surface area contributed by atoms with Crippen LogP contribution in [0.15, 0.2) is 0 Å². The fourth-order valence-electron chi connectivity index (χ4n) is 2.53. The van der Waals surface area contributed by atoms with Crippen molar-refractivity contribution in [3.05, 3.63) is 0 Å². The number of nitrogens with zero attached hydrogens (tertiary/aromatic N) is 1. The zero-order chi connectivity index (χ0) is 12.4. The zero-order valence-corrected chi connectivity index (χ0v) is 10.1. The van der Waals surface area contributed by atoms with E-state index in [1.54, 1.807) is 4.90 Å². The third kappa shape index (κ3) is 2.77. The van der Waals surface area contributed by atoms with Gasteiger partial charge >= 0.3 is 5.97 Å². The molecule has 2 aliphatic rings. The van der Waals surface area contributed by atoms with Gasteiger partial charge in [-0.15, -0.1) is 0 Å². The van der Waals surface area contributed by atoms with Crippen molar-refractivity contribution in [2.75, 3.05) is 13.1 Å². The molecule has 0 aromatic carbocycles. The summed E-state index contributed by atoms with van der Waals surface area (Å²) in [6.45, 7) is 3.07. The molecule has 5 heteroatoms. The second-order valence-electron chi connectivity index (χ2n) is 4.95. The minimum absolute atomic E-state index is 0.0400. The van der Waals surface area contributed by atoms with Crippen LogP contribution < -0.4 is 0 Å². The molecule has 0 bridgehead atoms. The Morgan fingerprint density at radius 1 is 1.18 bits per heavy atom. The van der Waals surface area contributed by atoms with Crippen molar-refractivity contribution < 1.29 is 19.4 Å². The van der Waals surface area contributed by atoms with Gasteiger partial charge in [-0.1, -0.05) is 0 Å². The SMILES string of the molecule is CC1CCC(C(=O)N2CCC(C(=O)O)CC2)O1. The predicted molar refractivity (Wildman–Crippen MR) is 60.5 cm³/mol. The van der Waals surface area contributed by atoms with E-state index in [-0.39, 0.29) is 24.0 Å². The lowest BCUT2D eigenvalue weighted by Crippen LogP contribution is -2.44. The Bertz CT molecular complexity index is 310. The lowest BCUT2D eigenvalue weighted by atomic mass is 9.96. The van der Waals surface area contributed by atoms with Crippen LogP contribution in [0.25, 0.3) is 0 Å². The Hall–Kier alpha value is -1.10. The van der Waals surface area contributed by atoms with Gasteiger partial charge in [0.1, 0.15) is 6.10 Å². The molecular weight excluding hydrogens is 222 g/mol. The smallest absolute Gasteiger partial charge is 0.306 e. The maximum Gasteiger partial charge on any atom is 0.306 e. The minimum atomic E-state index is -0.747. The van der Waals surface area contributed by atoms with Crippen molar-refractivity contribution in [3.63, 3.8) is 0 Å². The summed E-state index contributed by atoms with van der Waals surface area (Å²) < 4.78 is 5.54. The highest BCUT2D eigenvalue weighted by Gasteiger charge is 2.34. The fraction of sp³-hybridized carbons (Fsp3) is 0.833. The van der Waals surface area contributed by atoms with Crippen LogP contribution in [0, 0.1) is 5.92 Å². The standard InChI is InChI=1S/C12H19NO4/c1-8-2-3-10(17-8)11(14)13-6-4-9(5-7-13)12(15)16/h8-10H,2-7H2,1H3,(H,15,16). The molecule has 0 aromatic rings. The monoisotopic (exact) mass is 241 g/mol. The molecule has 96 valence electrons. The van der Waals surface area contributed by atoms with Crippen LogP contribution in [-0.4, -0.2) is 47.2 Å². The van der Waals surface area contributed by atoms with E-state index in [1.165, 1.54) is 0 Å². The summed E-state index contributed by atoms with van der Waals surface area (Å²) in [7, 11) is 0. The van der Waals surface area contributed by atoms with Crippen LogP contribution in [0.3, 0.4) is 0 Å². The molecule has 5 nitrogen and oxygen atoms in total. The number of carbonyl (C=O) groups is 2. The molecule has 2 saturated heterocycles. The van der Waals surface area contributed by atoms with Gasteiger partial charge in [-0.3, -0.25) is 9.59 Å². The second kappa shape index (κ2) is 5.04. The zero-order valence-electron chi connectivity index (χ0n) is 10.1. The molecule has 17 heavy (non-hydrogen) atoms. The Balaban J connectivity index is 1.84. The maximum atomic E-state index is 12.1. The Labute approximate surface area is 101 Å². The van der Waals surface area contributed by atoms with E-state index < -0.39 is 5.97 Å². The number of carboxylic acids is 1. The molecule has 0 aromatic heterocycles. The minimum Gasteiger partial charge on any atom is -0.481 e. The van der Waals surface area contributed by atoms with E-state index in [2.05, 4.69) is 0 Å². The third-order valence-electron chi connectivity index (χ3n) is 3.66. The molecule has 2 atom stereocenters. The Morgan fingerprint density at radius 3 is 2.29 bits per heavy atom. The molecule has 0 radical (unpaired) electrons. The summed E-state index contributed by atoms with van der Waals surface area (Å²) in [5.74, 6) is -0.997. The number of hydrogen-bond acceptors (Lipinski definition) is 3. The number of amides is 1. The number of ether oxygens (including phenoxy) is 1. The lowest BCUT2D eigenvalue weighted by Gasteiger charge is -2.31. The van der Waals surface area contributed by atoms with Crippen molar-refractivity contribution >= 4 is 11.9 Å². The summed E-state index contributed by atoms with van der Waals surface area (Å²) in [6.07, 6.45) is 2.71. The van der Waals surface area contributed by atoms with Gasteiger partial charge in [-0.05, 0) is 32.6 Å². The van der Waals surface area contributed by atoms with Crippen LogP contribution >= 0.6 is 0 Å². The van der Waals surface area contributed by atoms with E-state index in [4.69, 9.17) is 9.84 Å². The van der Waals surface area contributed by atoms with Gasteiger partial charge < -0.3 is 14.7 Å². The molecule has 1 N–H and O–H groups in total. The van der Waals surface area contributed by atoms with Crippen molar-refractivity contribution in [2.45, 2.75) is 44.8 Å². The van der Waals surface area contributed by atoms with Crippen molar-refractivity contribution in [1.29, 1.82) is 0 Å². The van der Waals surface area contributed by atoms with E-state index in [1.807, 2.05) is 6.92 Å². The van der Waals surface area contributed by atoms with Crippen LogP contribution in [0.2, 0.25) is 0 Å². The quantitative estimate of drug-likeness (QED) is 0.779. The van der Waals surface area contributed by atoms with Gasteiger partial charge in [0.25, 0.3) is 5.91 Å². The highest BCUT2D eigenvalue weighted by atomic mass is 16.5. The second-order valence-corrected chi connectivity index (χ2v) is 4.95.